The summed E-state index contributed by atoms with van der Waals surface area (Å²) in [6, 6.07) is 14.5. The van der Waals surface area contributed by atoms with E-state index in [1.807, 2.05) is 11.0 Å². The molecule has 1 aromatic heterocycles. The highest BCUT2D eigenvalue weighted by atomic mass is 16.5. The zero-order valence-electron chi connectivity index (χ0n) is 19.0. The van der Waals surface area contributed by atoms with Crippen molar-refractivity contribution in [1.29, 1.82) is 0 Å². The van der Waals surface area contributed by atoms with Gasteiger partial charge in [-0.25, -0.2) is 0 Å². The normalized spacial score (nSPS) is 19.7. The van der Waals surface area contributed by atoms with Crippen LogP contribution in [0.2, 0.25) is 0 Å². The minimum absolute atomic E-state index is 0.0834. The minimum Gasteiger partial charge on any atom is -0.372 e. The third-order valence-electron chi connectivity index (χ3n) is 6.99. The first-order valence-corrected chi connectivity index (χ1v) is 11.5. The molecule has 2 fully saturated rings. The predicted octanol–water partition coefficient (Wildman–Crippen LogP) is 5.11. The summed E-state index contributed by atoms with van der Waals surface area (Å²) in [7, 11) is 0. The van der Waals surface area contributed by atoms with E-state index in [2.05, 4.69) is 72.2 Å². The second-order valence-corrected chi connectivity index (χ2v) is 9.35. The van der Waals surface area contributed by atoms with Crippen molar-refractivity contribution in [3.8, 4) is 11.4 Å². The predicted molar refractivity (Wildman–Crippen MR) is 126 cm³/mol. The van der Waals surface area contributed by atoms with E-state index in [1.165, 1.54) is 29.7 Å². The molecule has 166 valence electrons. The molecular formula is C26H30N4O2. The van der Waals surface area contributed by atoms with Crippen LogP contribution in [0, 0.1) is 19.8 Å². The maximum absolute atomic E-state index is 12.7. The number of aromatic nitrogens is 2. The summed E-state index contributed by atoms with van der Waals surface area (Å²) in [6.07, 6.45) is 2.88. The molecule has 1 atom stereocenters. The Bertz CT molecular complexity index is 1110. The van der Waals surface area contributed by atoms with Gasteiger partial charge in [-0.1, -0.05) is 18.1 Å². The fourth-order valence-electron chi connectivity index (χ4n) is 4.62. The smallest absolute Gasteiger partial charge is 0.232 e. The Hall–Kier alpha value is -3.15. The molecular weight excluding hydrogens is 400 g/mol. The molecule has 2 aliphatic rings. The fourth-order valence-corrected chi connectivity index (χ4v) is 4.62. The third-order valence-corrected chi connectivity index (χ3v) is 6.99. The number of benzene rings is 2. The molecule has 1 amide bonds. The van der Waals surface area contributed by atoms with Crippen molar-refractivity contribution in [1.82, 2.24) is 10.1 Å². The molecule has 3 heterocycles. The van der Waals surface area contributed by atoms with E-state index in [9.17, 15) is 4.79 Å². The Kier molecular flexibility index (Phi) is 5.45. The molecule has 0 N–H and O–H groups in total. The third kappa shape index (κ3) is 4.01. The van der Waals surface area contributed by atoms with Gasteiger partial charge in [0.15, 0.2) is 0 Å². The first kappa shape index (κ1) is 20.7. The van der Waals surface area contributed by atoms with Gasteiger partial charge in [0.05, 0.1) is 5.92 Å². The lowest BCUT2D eigenvalue weighted by Gasteiger charge is -2.32. The lowest BCUT2D eigenvalue weighted by molar-refractivity contribution is -0.117. The van der Waals surface area contributed by atoms with E-state index in [1.54, 1.807) is 0 Å². The molecule has 0 aliphatic carbocycles. The number of hydrogen-bond acceptors (Lipinski definition) is 5. The Morgan fingerprint density at radius 3 is 2.41 bits per heavy atom. The molecule has 5 rings (SSSR count). The first-order chi connectivity index (χ1) is 15.5. The van der Waals surface area contributed by atoms with Gasteiger partial charge in [-0.15, -0.1) is 0 Å². The Labute approximate surface area is 189 Å². The fraction of sp³-hybridized carbons (Fsp3) is 0.423. The maximum Gasteiger partial charge on any atom is 0.232 e. The van der Waals surface area contributed by atoms with Crippen molar-refractivity contribution in [2.24, 2.45) is 5.92 Å². The number of hydrogen-bond donors (Lipinski definition) is 0. The molecule has 2 saturated heterocycles. The van der Waals surface area contributed by atoms with Crippen LogP contribution in [0.15, 0.2) is 47.0 Å². The Morgan fingerprint density at radius 2 is 1.69 bits per heavy atom. The van der Waals surface area contributed by atoms with Gasteiger partial charge in [0.25, 0.3) is 0 Å². The van der Waals surface area contributed by atoms with Crippen LogP contribution in [0.25, 0.3) is 11.4 Å². The topological polar surface area (TPSA) is 62.5 Å². The van der Waals surface area contributed by atoms with Crippen LogP contribution in [0.3, 0.4) is 0 Å². The van der Waals surface area contributed by atoms with E-state index in [0.717, 1.165) is 30.3 Å². The number of nitrogens with zero attached hydrogens (tertiary/aromatic N) is 4. The van der Waals surface area contributed by atoms with Crippen molar-refractivity contribution in [3.05, 3.63) is 59.5 Å². The Balaban J connectivity index is 1.28. The standard InChI is InChI=1S/C26H30N4O2/c1-17-10-12-29(13-11-17)22-8-5-20(6-9-22)25-27-26(32-28-25)21-15-24(31)30(16-21)23-7-4-18(2)19(3)14-23/h4-9,14,17,21H,10-13,15-16H2,1-3H3. The van der Waals surface area contributed by atoms with E-state index in [-0.39, 0.29) is 11.8 Å². The molecule has 32 heavy (non-hydrogen) atoms. The summed E-state index contributed by atoms with van der Waals surface area (Å²) in [5.41, 5.74) is 5.52. The van der Waals surface area contributed by atoms with Gasteiger partial charge >= 0.3 is 0 Å². The molecule has 3 aromatic rings. The molecule has 1 unspecified atom stereocenters. The lowest BCUT2D eigenvalue weighted by Crippen LogP contribution is -2.32. The van der Waals surface area contributed by atoms with Gasteiger partial charge in [0.1, 0.15) is 0 Å². The number of piperidine rings is 1. The summed E-state index contributed by atoms with van der Waals surface area (Å²) in [5, 5.41) is 4.20. The van der Waals surface area contributed by atoms with Gasteiger partial charge in [-0.2, -0.15) is 4.98 Å². The molecule has 0 saturated carbocycles. The highest BCUT2D eigenvalue weighted by molar-refractivity contribution is 5.96. The maximum atomic E-state index is 12.7. The van der Waals surface area contributed by atoms with Crippen LogP contribution in [0.1, 0.15) is 49.1 Å². The second kappa shape index (κ2) is 8.41. The molecule has 0 bridgehead atoms. The van der Waals surface area contributed by atoms with E-state index >= 15 is 0 Å². The second-order valence-electron chi connectivity index (χ2n) is 9.35. The molecule has 2 aliphatic heterocycles. The zero-order chi connectivity index (χ0) is 22.2. The number of anilines is 2. The van der Waals surface area contributed by atoms with Gasteiger partial charge in [-0.05, 0) is 80.1 Å². The molecule has 6 nitrogen and oxygen atoms in total. The SMILES string of the molecule is Cc1ccc(N2CC(c3nc(-c4ccc(N5CCC(C)CC5)cc4)no3)CC2=O)cc1C. The van der Waals surface area contributed by atoms with Crippen LogP contribution < -0.4 is 9.80 Å². The summed E-state index contributed by atoms with van der Waals surface area (Å²) in [6.45, 7) is 9.26. The number of aryl methyl sites for hydroxylation is 2. The molecule has 2 aromatic carbocycles. The van der Waals surface area contributed by atoms with Crippen LogP contribution in [0.5, 0.6) is 0 Å². The van der Waals surface area contributed by atoms with Crippen LogP contribution >= 0.6 is 0 Å². The van der Waals surface area contributed by atoms with E-state index in [0.29, 0.717) is 24.7 Å². The van der Waals surface area contributed by atoms with Crippen molar-refractivity contribution in [2.45, 2.75) is 46.0 Å². The van der Waals surface area contributed by atoms with Gasteiger partial charge in [-0.3, -0.25) is 4.79 Å². The van der Waals surface area contributed by atoms with E-state index in [4.69, 9.17) is 4.52 Å². The average molecular weight is 431 g/mol. The Morgan fingerprint density at radius 1 is 0.969 bits per heavy atom. The monoisotopic (exact) mass is 430 g/mol. The number of amides is 1. The average Bonchev–Trinajstić information content (AvgIpc) is 3.43. The van der Waals surface area contributed by atoms with E-state index < -0.39 is 0 Å². The summed E-state index contributed by atoms with van der Waals surface area (Å²) in [4.78, 5) is 21.6. The lowest BCUT2D eigenvalue weighted by atomic mass is 9.98. The summed E-state index contributed by atoms with van der Waals surface area (Å²) >= 11 is 0. The van der Waals surface area contributed by atoms with Gasteiger partial charge < -0.3 is 14.3 Å². The molecule has 0 radical (unpaired) electrons. The van der Waals surface area contributed by atoms with Crippen molar-refractivity contribution >= 4 is 17.3 Å². The van der Waals surface area contributed by atoms with Crippen molar-refractivity contribution < 1.29 is 9.32 Å². The van der Waals surface area contributed by atoms with Crippen LogP contribution in [0.4, 0.5) is 11.4 Å². The van der Waals surface area contributed by atoms with Gasteiger partial charge in [0.2, 0.25) is 17.6 Å². The summed E-state index contributed by atoms with van der Waals surface area (Å²) in [5.74, 6) is 1.94. The highest BCUT2D eigenvalue weighted by Crippen LogP contribution is 2.33. The zero-order valence-corrected chi connectivity index (χ0v) is 19.0. The molecule has 6 heteroatoms. The number of carbonyl (C=O) groups is 1. The number of carbonyl (C=O) groups excluding carboxylic acids is 1. The van der Waals surface area contributed by atoms with Crippen LogP contribution in [-0.2, 0) is 4.79 Å². The van der Waals surface area contributed by atoms with Crippen molar-refractivity contribution in [3.63, 3.8) is 0 Å². The minimum atomic E-state index is -0.0834. The van der Waals surface area contributed by atoms with Gasteiger partial charge in [0, 0.05) is 43.0 Å². The number of rotatable bonds is 4. The van der Waals surface area contributed by atoms with Crippen molar-refractivity contribution in [2.75, 3.05) is 29.4 Å². The quantitative estimate of drug-likeness (QED) is 0.576. The first-order valence-electron chi connectivity index (χ1n) is 11.5. The van der Waals surface area contributed by atoms with Crippen LogP contribution in [-0.4, -0.2) is 35.7 Å². The largest absolute Gasteiger partial charge is 0.372 e. The molecule has 0 spiro atoms. The highest BCUT2D eigenvalue weighted by Gasteiger charge is 2.35. The summed E-state index contributed by atoms with van der Waals surface area (Å²) < 4.78 is 5.59.